The van der Waals surface area contributed by atoms with Crippen LogP contribution in [0.4, 0.5) is 4.39 Å². The van der Waals surface area contributed by atoms with E-state index in [1.165, 1.54) is 29.0 Å². The molecule has 0 unspecified atom stereocenters. The van der Waals surface area contributed by atoms with E-state index in [-0.39, 0.29) is 36.2 Å². The maximum Gasteiger partial charge on any atom is 0.273 e. The normalized spacial score (nSPS) is 17.3. The van der Waals surface area contributed by atoms with Crippen molar-refractivity contribution in [3.05, 3.63) is 81.1 Å². The number of hydrogen-bond donors (Lipinski definition) is 0. The second-order valence-corrected chi connectivity index (χ2v) is 10.9. The standard InChI is InChI=1S/C30H34FN3O3S/c1-3-33(4-2)30(36)26-19-38-27(32-26)18-37-24-14-11-20-15-16-34(29(35)22-7-5-6-8-22)28(25(20)17-24)21-9-12-23(31)13-10-21/h9-14,17,19,22,28H,3-8,15-16,18H2,1-2H3/t28-/m1/s1. The van der Waals surface area contributed by atoms with Crippen molar-refractivity contribution in [1.82, 2.24) is 14.8 Å². The summed E-state index contributed by atoms with van der Waals surface area (Å²) in [6, 6.07) is 12.2. The fourth-order valence-corrected chi connectivity index (χ4v) is 6.30. The Balaban J connectivity index is 1.38. The number of nitrogens with zero attached hydrogens (tertiary/aromatic N) is 3. The Labute approximate surface area is 227 Å². The first-order chi connectivity index (χ1) is 18.5. The molecule has 2 aliphatic rings. The van der Waals surface area contributed by atoms with Crippen molar-refractivity contribution in [2.75, 3.05) is 19.6 Å². The number of carbonyl (C=O) groups is 2. The summed E-state index contributed by atoms with van der Waals surface area (Å²) in [5.41, 5.74) is 3.53. The van der Waals surface area contributed by atoms with Crippen LogP contribution >= 0.6 is 11.3 Å². The van der Waals surface area contributed by atoms with Crippen LogP contribution in [0.15, 0.2) is 47.8 Å². The lowest BCUT2D eigenvalue weighted by atomic mass is 9.87. The number of fused-ring (bicyclic) bond motifs is 1. The molecule has 1 atom stereocenters. The maximum atomic E-state index is 13.8. The molecule has 2 aromatic carbocycles. The number of amides is 2. The molecular weight excluding hydrogens is 501 g/mol. The van der Waals surface area contributed by atoms with Gasteiger partial charge in [0.15, 0.2) is 0 Å². The number of halogens is 1. The zero-order valence-electron chi connectivity index (χ0n) is 22.0. The molecule has 5 rings (SSSR count). The lowest BCUT2D eigenvalue weighted by Gasteiger charge is -2.39. The van der Waals surface area contributed by atoms with Crippen LogP contribution in [0, 0.1) is 11.7 Å². The Bertz CT molecular complexity index is 1280. The van der Waals surface area contributed by atoms with Gasteiger partial charge in [0.1, 0.15) is 28.9 Å². The molecule has 2 heterocycles. The molecule has 0 bridgehead atoms. The molecule has 6 nitrogen and oxygen atoms in total. The molecule has 8 heteroatoms. The summed E-state index contributed by atoms with van der Waals surface area (Å²) in [6.45, 7) is 6.09. The average Bonchev–Trinajstić information content (AvgIpc) is 3.65. The topological polar surface area (TPSA) is 62.7 Å². The van der Waals surface area contributed by atoms with Gasteiger partial charge in [-0.1, -0.05) is 31.0 Å². The summed E-state index contributed by atoms with van der Waals surface area (Å²) in [6.07, 6.45) is 4.84. The predicted octanol–water partition coefficient (Wildman–Crippen LogP) is 6.01. The minimum atomic E-state index is -0.294. The maximum absolute atomic E-state index is 13.8. The monoisotopic (exact) mass is 535 g/mol. The third kappa shape index (κ3) is 5.46. The number of aromatic nitrogens is 1. The summed E-state index contributed by atoms with van der Waals surface area (Å²) in [7, 11) is 0. The van der Waals surface area contributed by atoms with E-state index in [0.29, 0.717) is 31.1 Å². The van der Waals surface area contributed by atoms with Crippen LogP contribution in [-0.4, -0.2) is 46.2 Å². The molecule has 2 amide bonds. The number of rotatable bonds is 8. The van der Waals surface area contributed by atoms with E-state index in [1.807, 2.05) is 30.9 Å². The van der Waals surface area contributed by atoms with Crippen LogP contribution in [0.3, 0.4) is 0 Å². The summed E-state index contributed by atoms with van der Waals surface area (Å²) < 4.78 is 19.9. The van der Waals surface area contributed by atoms with Crippen molar-refractivity contribution >= 4 is 23.2 Å². The lowest BCUT2D eigenvalue weighted by Crippen LogP contribution is -2.43. The highest BCUT2D eigenvalue weighted by Gasteiger charge is 2.36. The van der Waals surface area contributed by atoms with Gasteiger partial charge in [-0.3, -0.25) is 9.59 Å². The van der Waals surface area contributed by atoms with Gasteiger partial charge in [0, 0.05) is 30.9 Å². The average molecular weight is 536 g/mol. The molecule has 38 heavy (non-hydrogen) atoms. The van der Waals surface area contributed by atoms with E-state index < -0.39 is 0 Å². The molecule has 0 radical (unpaired) electrons. The number of carbonyl (C=O) groups excluding carboxylic acids is 2. The highest BCUT2D eigenvalue weighted by Crippen LogP contribution is 2.40. The van der Waals surface area contributed by atoms with Crippen LogP contribution in [0.2, 0.25) is 0 Å². The van der Waals surface area contributed by atoms with Crippen LogP contribution in [0.5, 0.6) is 5.75 Å². The van der Waals surface area contributed by atoms with Crippen molar-refractivity contribution in [2.24, 2.45) is 5.92 Å². The van der Waals surface area contributed by atoms with Crippen molar-refractivity contribution in [3.63, 3.8) is 0 Å². The van der Waals surface area contributed by atoms with E-state index in [0.717, 1.165) is 48.2 Å². The first kappa shape index (κ1) is 26.4. The molecule has 1 aliphatic carbocycles. The first-order valence-electron chi connectivity index (χ1n) is 13.5. The Morgan fingerprint density at radius 2 is 1.84 bits per heavy atom. The molecule has 0 saturated heterocycles. The Morgan fingerprint density at radius 3 is 2.55 bits per heavy atom. The number of benzene rings is 2. The smallest absolute Gasteiger partial charge is 0.273 e. The van der Waals surface area contributed by atoms with E-state index in [2.05, 4.69) is 11.1 Å². The minimum Gasteiger partial charge on any atom is -0.486 e. The SMILES string of the molecule is CCN(CC)C(=O)c1csc(COc2ccc3c(c2)[C@@H](c2ccc(F)cc2)N(C(=O)C2CCCC2)CC3)n1. The van der Waals surface area contributed by atoms with Gasteiger partial charge in [0.2, 0.25) is 5.91 Å². The summed E-state index contributed by atoms with van der Waals surface area (Å²) in [5, 5.41) is 2.51. The van der Waals surface area contributed by atoms with Crippen LogP contribution in [-0.2, 0) is 17.8 Å². The molecular formula is C30H34FN3O3S. The van der Waals surface area contributed by atoms with Crippen molar-refractivity contribution in [2.45, 2.75) is 58.6 Å². The third-order valence-electron chi connectivity index (χ3n) is 7.70. The van der Waals surface area contributed by atoms with Crippen LogP contribution < -0.4 is 4.74 Å². The number of thiazole rings is 1. The molecule has 3 aromatic rings. The van der Waals surface area contributed by atoms with Crippen LogP contribution in [0.1, 0.15) is 77.8 Å². The molecule has 1 aromatic heterocycles. The van der Waals surface area contributed by atoms with E-state index in [1.54, 1.807) is 22.4 Å². The molecule has 0 spiro atoms. The molecule has 200 valence electrons. The lowest BCUT2D eigenvalue weighted by molar-refractivity contribution is -0.137. The van der Waals surface area contributed by atoms with Gasteiger partial charge in [-0.05, 0) is 74.1 Å². The van der Waals surface area contributed by atoms with E-state index >= 15 is 0 Å². The van der Waals surface area contributed by atoms with E-state index in [9.17, 15) is 14.0 Å². The van der Waals surface area contributed by atoms with Gasteiger partial charge in [-0.15, -0.1) is 11.3 Å². The number of ether oxygens (including phenoxy) is 1. The van der Waals surface area contributed by atoms with Crippen molar-refractivity contribution < 1.29 is 18.7 Å². The third-order valence-corrected chi connectivity index (χ3v) is 8.53. The van der Waals surface area contributed by atoms with Gasteiger partial charge in [-0.25, -0.2) is 9.37 Å². The highest BCUT2D eigenvalue weighted by molar-refractivity contribution is 7.09. The second-order valence-electron chi connectivity index (χ2n) is 9.97. The summed E-state index contributed by atoms with van der Waals surface area (Å²) in [5.74, 6) is 0.579. The zero-order chi connectivity index (χ0) is 26.6. The molecule has 0 N–H and O–H groups in total. The molecule has 1 aliphatic heterocycles. The predicted molar refractivity (Wildman–Crippen MR) is 146 cm³/mol. The van der Waals surface area contributed by atoms with Crippen molar-refractivity contribution in [1.29, 1.82) is 0 Å². The van der Waals surface area contributed by atoms with Gasteiger partial charge < -0.3 is 14.5 Å². The minimum absolute atomic E-state index is 0.0667. The largest absolute Gasteiger partial charge is 0.486 e. The van der Waals surface area contributed by atoms with Gasteiger partial charge in [-0.2, -0.15) is 0 Å². The first-order valence-corrected chi connectivity index (χ1v) is 14.4. The zero-order valence-corrected chi connectivity index (χ0v) is 22.8. The number of hydrogen-bond acceptors (Lipinski definition) is 5. The Kier molecular flexibility index (Phi) is 8.07. The Morgan fingerprint density at radius 1 is 1.11 bits per heavy atom. The van der Waals surface area contributed by atoms with Gasteiger partial charge >= 0.3 is 0 Å². The second kappa shape index (κ2) is 11.6. The van der Waals surface area contributed by atoms with Gasteiger partial charge in [0.25, 0.3) is 5.91 Å². The highest BCUT2D eigenvalue weighted by atomic mass is 32.1. The van der Waals surface area contributed by atoms with Crippen LogP contribution in [0.25, 0.3) is 0 Å². The fourth-order valence-electron chi connectivity index (χ4n) is 5.63. The molecule has 1 fully saturated rings. The quantitative estimate of drug-likeness (QED) is 0.355. The van der Waals surface area contributed by atoms with Crippen molar-refractivity contribution in [3.8, 4) is 5.75 Å². The summed E-state index contributed by atoms with van der Waals surface area (Å²) >= 11 is 1.41. The summed E-state index contributed by atoms with van der Waals surface area (Å²) in [4.78, 5) is 34.4. The fraction of sp³-hybridized carbons (Fsp3) is 0.433. The van der Waals surface area contributed by atoms with Gasteiger partial charge in [0.05, 0.1) is 6.04 Å². The molecule has 1 saturated carbocycles. The Hall–Kier alpha value is -3.26. The van der Waals surface area contributed by atoms with E-state index in [4.69, 9.17) is 4.74 Å².